The van der Waals surface area contributed by atoms with E-state index in [4.69, 9.17) is 14.2 Å². The van der Waals surface area contributed by atoms with E-state index >= 15 is 8.78 Å². The van der Waals surface area contributed by atoms with Gasteiger partial charge in [0.1, 0.15) is 29.8 Å². The number of alkyl halides is 2. The molecule has 1 N–H and O–H groups in total. The maximum Gasteiger partial charge on any atom is 0.408 e. The van der Waals surface area contributed by atoms with Gasteiger partial charge in [0, 0.05) is 24.3 Å². The normalized spacial score (nSPS) is 31.4. The number of aldehydes is 1. The number of alkyl carbamates (subject to hydrolysis) is 1. The third-order valence-electron chi connectivity index (χ3n) is 9.08. The van der Waals surface area contributed by atoms with E-state index in [1.54, 1.807) is 45.9 Å². The van der Waals surface area contributed by atoms with Gasteiger partial charge in [-0.25, -0.2) is 14.8 Å². The molecule has 2 fully saturated rings. The van der Waals surface area contributed by atoms with Crippen LogP contribution in [0.25, 0.3) is 11.0 Å². The van der Waals surface area contributed by atoms with Gasteiger partial charge in [-0.2, -0.15) is 8.78 Å². The molecule has 43 heavy (non-hydrogen) atoms. The number of amides is 2. The lowest BCUT2D eigenvalue weighted by Crippen LogP contribution is -2.56. The molecule has 10 nitrogen and oxygen atoms in total. The Bertz CT molecular complexity index is 1410. The minimum atomic E-state index is -3.36. The van der Waals surface area contributed by atoms with Crippen molar-refractivity contribution in [3.05, 3.63) is 23.9 Å². The summed E-state index contributed by atoms with van der Waals surface area (Å²) in [5, 5.41) is 2.75. The first-order chi connectivity index (χ1) is 20.2. The van der Waals surface area contributed by atoms with Crippen LogP contribution in [-0.4, -0.2) is 70.6 Å². The van der Waals surface area contributed by atoms with Crippen molar-refractivity contribution in [2.75, 3.05) is 13.7 Å². The van der Waals surface area contributed by atoms with Gasteiger partial charge in [-0.05, 0) is 43.7 Å². The Hall–Kier alpha value is -3.57. The molecular weight excluding hydrogens is 562 g/mol. The van der Waals surface area contributed by atoms with Crippen LogP contribution < -0.4 is 14.8 Å². The van der Waals surface area contributed by atoms with Gasteiger partial charge in [-0.15, -0.1) is 0 Å². The number of hydrogen-bond donors (Lipinski definition) is 1. The Morgan fingerprint density at radius 1 is 1.16 bits per heavy atom. The molecule has 0 unspecified atom stereocenters. The quantitative estimate of drug-likeness (QED) is 0.476. The second-order valence-electron chi connectivity index (χ2n) is 13.4. The molecule has 2 aliphatic heterocycles. The van der Waals surface area contributed by atoms with Gasteiger partial charge in [-0.1, -0.05) is 34.1 Å². The Kier molecular flexibility index (Phi) is 8.02. The molecule has 1 saturated heterocycles. The Morgan fingerprint density at radius 2 is 1.91 bits per heavy atom. The molecule has 2 aromatic rings. The van der Waals surface area contributed by atoms with Crippen molar-refractivity contribution in [1.82, 2.24) is 20.2 Å². The number of benzene rings is 1. The van der Waals surface area contributed by atoms with Crippen molar-refractivity contribution in [1.29, 1.82) is 0 Å². The highest BCUT2D eigenvalue weighted by molar-refractivity contribution is 5.89. The number of fused-ring (bicyclic) bond motifs is 5. The highest BCUT2D eigenvalue weighted by atomic mass is 19.3. The summed E-state index contributed by atoms with van der Waals surface area (Å²) >= 11 is 0. The molecule has 3 aliphatic rings. The zero-order valence-corrected chi connectivity index (χ0v) is 25.5. The monoisotopic (exact) mass is 602 g/mol. The molecule has 6 atom stereocenters. The topological polar surface area (TPSA) is 120 Å². The number of nitrogens with zero attached hydrogens (tertiary/aromatic N) is 3. The molecule has 5 rings (SSSR count). The standard InChI is InChI=1S/C31H40F2N4O6/c1-17-22(16-38)37-15-23(17)42-26-24(34-20-11-10-19(41-6)13-21(20)35-26)31(32,33)12-8-7-9-18-14-30(18,5)43-28(40)36-25(27(37)39)29(2,3)4/h10-11,13,16-18,22-23,25H,7-9,12,14-15H2,1-6H3,(H,36,40)/t17-,18+,22+,23-,25+,30+/m0/s1. The molecule has 1 aliphatic carbocycles. The minimum absolute atomic E-state index is 0.0310. The smallest absolute Gasteiger partial charge is 0.408 e. The molecule has 234 valence electrons. The zero-order valence-electron chi connectivity index (χ0n) is 25.5. The number of carbonyl (C=O) groups excluding carboxylic acids is 3. The van der Waals surface area contributed by atoms with Gasteiger partial charge in [0.25, 0.3) is 5.92 Å². The number of rotatable bonds is 2. The lowest BCUT2D eigenvalue weighted by atomic mass is 9.85. The average Bonchev–Trinajstić information content (AvgIpc) is 3.46. The van der Waals surface area contributed by atoms with Crippen LogP contribution in [-0.2, 0) is 20.2 Å². The van der Waals surface area contributed by atoms with E-state index in [2.05, 4.69) is 15.3 Å². The maximum atomic E-state index is 15.9. The summed E-state index contributed by atoms with van der Waals surface area (Å²) in [5.41, 5.74) is -1.46. The first kappa shape index (κ1) is 30.9. The molecule has 2 bridgehead atoms. The SMILES string of the molecule is COc1ccc2nc3c(nc2c1)O[C@H]1CN(C(=O)[C@H](C(C)(C)C)NC(=O)O[C@]2(C)C[C@H]2CCCCC3(F)F)[C@H](C=O)[C@@H]1C. The van der Waals surface area contributed by atoms with Gasteiger partial charge in [-0.3, -0.25) is 4.79 Å². The number of aromatic nitrogens is 2. The predicted molar refractivity (Wildman–Crippen MR) is 153 cm³/mol. The fourth-order valence-electron chi connectivity index (χ4n) is 6.17. The largest absolute Gasteiger partial charge is 0.497 e. The number of methoxy groups -OCH3 is 1. The van der Waals surface area contributed by atoms with E-state index < -0.39 is 65.2 Å². The number of nitrogens with one attached hydrogen (secondary N) is 1. The summed E-state index contributed by atoms with van der Waals surface area (Å²) in [6.07, 6.45) is 0.560. The van der Waals surface area contributed by atoms with E-state index in [0.29, 0.717) is 36.8 Å². The van der Waals surface area contributed by atoms with Gasteiger partial charge < -0.3 is 29.2 Å². The van der Waals surface area contributed by atoms with E-state index in [9.17, 15) is 14.4 Å². The van der Waals surface area contributed by atoms with Crippen molar-refractivity contribution in [3.63, 3.8) is 0 Å². The van der Waals surface area contributed by atoms with Gasteiger partial charge in [0.15, 0.2) is 5.69 Å². The highest BCUT2D eigenvalue weighted by Gasteiger charge is 2.54. The third-order valence-corrected chi connectivity index (χ3v) is 9.08. The third kappa shape index (κ3) is 6.10. The van der Waals surface area contributed by atoms with Crippen LogP contribution in [0.15, 0.2) is 18.2 Å². The summed E-state index contributed by atoms with van der Waals surface area (Å²) in [4.78, 5) is 49.4. The van der Waals surface area contributed by atoms with Crippen LogP contribution in [0.1, 0.15) is 72.4 Å². The second kappa shape index (κ2) is 11.2. The van der Waals surface area contributed by atoms with Crippen molar-refractivity contribution < 1.29 is 37.4 Å². The predicted octanol–water partition coefficient (Wildman–Crippen LogP) is 5.02. The summed E-state index contributed by atoms with van der Waals surface area (Å²) < 4.78 is 48.9. The van der Waals surface area contributed by atoms with Crippen LogP contribution in [0.2, 0.25) is 0 Å². The number of ether oxygens (including phenoxy) is 3. The molecular formula is C31H40F2N4O6. The Balaban J connectivity index is 1.56. The molecule has 1 saturated carbocycles. The first-order valence-corrected chi connectivity index (χ1v) is 14.8. The van der Waals surface area contributed by atoms with E-state index in [-0.39, 0.29) is 30.3 Å². The fourth-order valence-corrected chi connectivity index (χ4v) is 6.17. The van der Waals surface area contributed by atoms with Crippen molar-refractivity contribution in [2.24, 2.45) is 17.3 Å². The molecule has 0 radical (unpaired) electrons. The van der Waals surface area contributed by atoms with Crippen LogP contribution >= 0.6 is 0 Å². The van der Waals surface area contributed by atoms with Crippen molar-refractivity contribution in [3.8, 4) is 11.6 Å². The van der Waals surface area contributed by atoms with Crippen LogP contribution in [0.3, 0.4) is 0 Å². The molecule has 12 heteroatoms. The lowest BCUT2D eigenvalue weighted by molar-refractivity contribution is -0.139. The van der Waals surface area contributed by atoms with Crippen molar-refractivity contribution in [2.45, 2.75) is 96.4 Å². The first-order valence-electron chi connectivity index (χ1n) is 14.8. The minimum Gasteiger partial charge on any atom is -0.497 e. The van der Waals surface area contributed by atoms with Crippen LogP contribution in [0.4, 0.5) is 13.6 Å². The molecule has 0 spiro atoms. The second-order valence-corrected chi connectivity index (χ2v) is 13.4. The molecule has 1 aromatic carbocycles. The number of hydrogen-bond acceptors (Lipinski definition) is 8. The molecule has 3 heterocycles. The summed E-state index contributed by atoms with van der Waals surface area (Å²) in [7, 11) is 1.49. The van der Waals surface area contributed by atoms with Crippen LogP contribution in [0, 0.1) is 17.3 Å². The Labute approximate surface area is 249 Å². The Morgan fingerprint density at radius 3 is 2.58 bits per heavy atom. The summed E-state index contributed by atoms with van der Waals surface area (Å²) in [6.45, 7) is 8.88. The van der Waals surface area contributed by atoms with Crippen molar-refractivity contribution >= 4 is 29.3 Å². The fraction of sp³-hybridized carbons (Fsp3) is 0.645. The molecule has 1 aromatic heterocycles. The van der Waals surface area contributed by atoms with E-state index in [1.165, 1.54) is 12.0 Å². The van der Waals surface area contributed by atoms with Crippen LogP contribution in [0.5, 0.6) is 11.6 Å². The maximum absolute atomic E-state index is 15.9. The van der Waals surface area contributed by atoms with E-state index in [0.717, 1.165) is 0 Å². The molecule has 2 amide bonds. The zero-order chi connectivity index (χ0) is 31.3. The highest BCUT2D eigenvalue weighted by Crippen LogP contribution is 2.50. The van der Waals surface area contributed by atoms with Gasteiger partial charge in [0.05, 0.1) is 30.7 Å². The summed E-state index contributed by atoms with van der Waals surface area (Å²) in [5.74, 6) is -4.24. The van der Waals surface area contributed by atoms with Gasteiger partial charge in [0.2, 0.25) is 11.8 Å². The average molecular weight is 603 g/mol. The number of carbonyl (C=O) groups is 3. The number of halogens is 2. The van der Waals surface area contributed by atoms with E-state index in [1.807, 2.05) is 6.92 Å². The lowest BCUT2D eigenvalue weighted by Gasteiger charge is -2.35. The summed E-state index contributed by atoms with van der Waals surface area (Å²) in [6, 6.07) is 2.85. The van der Waals surface area contributed by atoms with Gasteiger partial charge >= 0.3 is 6.09 Å².